The zero-order chi connectivity index (χ0) is 8.97. The number of hydrogen-bond acceptors (Lipinski definition) is 2. The van der Waals surface area contributed by atoms with Gasteiger partial charge in [0.2, 0.25) is 5.91 Å². The molecule has 0 saturated heterocycles. The van der Waals surface area contributed by atoms with E-state index in [2.05, 4.69) is 12.2 Å². The first-order valence-electron chi connectivity index (χ1n) is 4.32. The van der Waals surface area contributed by atoms with Crippen LogP contribution in [0.5, 0.6) is 0 Å². The van der Waals surface area contributed by atoms with Gasteiger partial charge in [0.05, 0.1) is 0 Å². The van der Waals surface area contributed by atoms with Crippen molar-refractivity contribution in [3.63, 3.8) is 0 Å². The minimum absolute atomic E-state index is 0.202. The van der Waals surface area contributed by atoms with Crippen molar-refractivity contribution in [2.75, 3.05) is 7.05 Å². The van der Waals surface area contributed by atoms with Crippen LogP contribution in [-0.4, -0.2) is 23.2 Å². The van der Waals surface area contributed by atoms with Crippen LogP contribution in [0, 0.1) is 5.92 Å². The van der Waals surface area contributed by atoms with Crippen LogP contribution in [0.4, 0.5) is 0 Å². The summed E-state index contributed by atoms with van der Waals surface area (Å²) >= 11 is 0. The molecule has 1 aliphatic rings. The molecule has 0 fully saturated rings. The quantitative estimate of drug-likeness (QED) is 0.387. The first-order valence-corrected chi connectivity index (χ1v) is 4.32. The Morgan fingerprint density at radius 2 is 2.50 bits per heavy atom. The number of carbonyl (C=O) groups is 1. The van der Waals surface area contributed by atoms with Crippen molar-refractivity contribution in [1.29, 1.82) is 0 Å². The van der Waals surface area contributed by atoms with E-state index in [1.54, 1.807) is 0 Å². The van der Waals surface area contributed by atoms with Gasteiger partial charge in [-0.3, -0.25) is 10.0 Å². The molecule has 1 atom stereocenters. The van der Waals surface area contributed by atoms with Crippen LogP contribution < -0.4 is 0 Å². The Hall–Kier alpha value is -0.830. The molecule has 1 aliphatic carbocycles. The number of allylic oxidation sites excluding steroid dienone is 2. The molecule has 0 aliphatic heterocycles. The van der Waals surface area contributed by atoms with E-state index < -0.39 is 0 Å². The number of amides is 1. The third kappa shape index (κ3) is 2.66. The highest BCUT2D eigenvalue weighted by Crippen LogP contribution is 2.20. The second-order valence-electron chi connectivity index (χ2n) is 3.24. The van der Waals surface area contributed by atoms with Gasteiger partial charge in [0.1, 0.15) is 0 Å². The lowest BCUT2D eigenvalue weighted by molar-refractivity contribution is -0.160. The highest BCUT2D eigenvalue weighted by molar-refractivity contribution is 5.75. The van der Waals surface area contributed by atoms with Gasteiger partial charge in [-0.25, -0.2) is 5.06 Å². The van der Waals surface area contributed by atoms with Crippen LogP contribution in [0.2, 0.25) is 0 Å². The van der Waals surface area contributed by atoms with Crippen molar-refractivity contribution in [3.8, 4) is 0 Å². The van der Waals surface area contributed by atoms with Gasteiger partial charge in [0.25, 0.3) is 0 Å². The van der Waals surface area contributed by atoms with Crippen LogP contribution in [-0.2, 0) is 4.79 Å². The summed E-state index contributed by atoms with van der Waals surface area (Å²) < 4.78 is 0. The van der Waals surface area contributed by atoms with E-state index in [4.69, 9.17) is 5.21 Å². The maximum atomic E-state index is 11.1. The molecule has 1 rings (SSSR count). The SMILES string of the molecule is CN(O)C(=O)CC1C=CCCC1. The van der Waals surface area contributed by atoms with Gasteiger partial charge in [0, 0.05) is 13.5 Å². The Balaban J connectivity index is 2.35. The molecule has 12 heavy (non-hydrogen) atoms. The maximum absolute atomic E-state index is 11.1. The van der Waals surface area contributed by atoms with Crippen molar-refractivity contribution in [1.82, 2.24) is 5.06 Å². The molecule has 0 aromatic carbocycles. The van der Waals surface area contributed by atoms with Gasteiger partial charge in [-0.05, 0) is 25.2 Å². The van der Waals surface area contributed by atoms with Gasteiger partial charge in [-0.2, -0.15) is 0 Å². The van der Waals surface area contributed by atoms with Crippen molar-refractivity contribution in [2.45, 2.75) is 25.7 Å². The summed E-state index contributed by atoms with van der Waals surface area (Å²) in [6.07, 6.45) is 7.96. The van der Waals surface area contributed by atoms with E-state index in [0.717, 1.165) is 19.3 Å². The van der Waals surface area contributed by atoms with Crippen molar-refractivity contribution < 1.29 is 10.0 Å². The molecule has 1 N–H and O–H groups in total. The number of hydroxylamine groups is 2. The van der Waals surface area contributed by atoms with Gasteiger partial charge in [-0.1, -0.05) is 12.2 Å². The molecule has 1 unspecified atom stereocenters. The minimum Gasteiger partial charge on any atom is -0.286 e. The largest absolute Gasteiger partial charge is 0.286 e. The second kappa shape index (κ2) is 4.26. The molecule has 3 nitrogen and oxygen atoms in total. The molecular formula is C9H15NO2. The zero-order valence-electron chi connectivity index (χ0n) is 7.36. The lowest BCUT2D eigenvalue weighted by Crippen LogP contribution is -2.24. The molecule has 0 saturated carbocycles. The number of rotatable bonds is 2. The zero-order valence-corrected chi connectivity index (χ0v) is 7.36. The maximum Gasteiger partial charge on any atom is 0.246 e. The van der Waals surface area contributed by atoms with Gasteiger partial charge >= 0.3 is 0 Å². The fourth-order valence-electron chi connectivity index (χ4n) is 1.41. The minimum atomic E-state index is -0.202. The van der Waals surface area contributed by atoms with E-state index in [1.807, 2.05) is 0 Å². The fourth-order valence-corrected chi connectivity index (χ4v) is 1.41. The Morgan fingerprint density at radius 1 is 1.75 bits per heavy atom. The Bertz CT molecular complexity index is 187. The third-order valence-corrected chi connectivity index (χ3v) is 2.15. The van der Waals surface area contributed by atoms with Crippen LogP contribution in [0.1, 0.15) is 25.7 Å². The fraction of sp³-hybridized carbons (Fsp3) is 0.667. The lowest BCUT2D eigenvalue weighted by atomic mass is 9.93. The van der Waals surface area contributed by atoms with E-state index >= 15 is 0 Å². The van der Waals surface area contributed by atoms with Crippen LogP contribution in [0.15, 0.2) is 12.2 Å². The van der Waals surface area contributed by atoms with Crippen molar-refractivity contribution in [3.05, 3.63) is 12.2 Å². The predicted octanol–water partition coefficient (Wildman–Crippen LogP) is 1.58. The summed E-state index contributed by atoms with van der Waals surface area (Å²) in [5, 5.41) is 9.48. The Labute approximate surface area is 72.6 Å². The van der Waals surface area contributed by atoms with E-state index in [0.29, 0.717) is 17.4 Å². The number of carbonyl (C=O) groups excluding carboxylic acids is 1. The van der Waals surface area contributed by atoms with Gasteiger partial charge in [-0.15, -0.1) is 0 Å². The lowest BCUT2D eigenvalue weighted by Gasteiger charge is -2.17. The number of hydrogen-bond donors (Lipinski definition) is 1. The summed E-state index contributed by atoms with van der Waals surface area (Å²) in [5.41, 5.74) is 0. The summed E-state index contributed by atoms with van der Waals surface area (Å²) in [6.45, 7) is 0. The molecule has 0 aromatic rings. The Kier molecular flexibility index (Phi) is 3.29. The Morgan fingerprint density at radius 3 is 3.00 bits per heavy atom. The van der Waals surface area contributed by atoms with Gasteiger partial charge < -0.3 is 0 Å². The van der Waals surface area contributed by atoms with Crippen molar-refractivity contribution in [2.24, 2.45) is 5.92 Å². The average Bonchev–Trinajstić information content (AvgIpc) is 2.06. The molecule has 3 heteroatoms. The second-order valence-corrected chi connectivity index (χ2v) is 3.24. The van der Waals surface area contributed by atoms with Crippen LogP contribution in [0.25, 0.3) is 0 Å². The molecule has 0 radical (unpaired) electrons. The summed E-state index contributed by atoms with van der Waals surface area (Å²) in [7, 11) is 1.37. The van der Waals surface area contributed by atoms with Crippen LogP contribution >= 0.6 is 0 Å². The van der Waals surface area contributed by atoms with E-state index in [9.17, 15) is 4.79 Å². The normalized spacial score (nSPS) is 22.3. The highest BCUT2D eigenvalue weighted by Gasteiger charge is 2.14. The molecule has 1 amide bonds. The highest BCUT2D eigenvalue weighted by atomic mass is 16.5. The average molecular weight is 169 g/mol. The first kappa shape index (κ1) is 9.26. The van der Waals surface area contributed by atoms with Crippen molar-refractivity contribution >= 4 is 5.91 Å². The third-order valence-electron chi connectivity index (χ3n) is 2.15. The smallest absolute Gasteiger partial charge is 0.246 e. The molecule has 0 heterocycles. The molecular weight excluding hydrogens is 154 g/mol. The molecule has 0 aromatic heterocycles. The summed E-state index contributed by atoms with van der Waals surface area (Å²) in [5.74, 6) is 0.132. The van der Waals surface area contributed by atoms with Gasteiger partial charge in [0.15, 0.2) is 0 Å². The van der Waals surface area contributed by atoms with E-state index in [-0.39, 0.29) is 5.91 Å². The molecule has 0 bridgehead atoms. The summed E-state index contributed by atoms with van der Waals surface area (Å²) in [4.78, 5) is 11.1. The topological polar surface area (TPSA) is 40.5 Å². The first-order chi connectivity index (χ1) is 5.70. The molecule has 0 spiro atoms. The molecule has 68 valence electrons. The predicted molar refractivity (Wildman–Crippen MR) is 45.7 cm³/mol. The summed E-state index contributed by atoms with van der Waals surface area (Å²) in [6, 6.07) is 0. The van der Waals surface area contributed by atoms with E-state index in [1.165, 1.54) is 7.05 Å². The standard InChI is InChI=1S/C9H15NO2/c1-10(12)9(11)7-8-5-3-2-4-6-8/h3,5,8,12H,2,4,6-7H2,1H3. The monoisotopic (exact) mass is 169 g/mol. The number of nitrogens with zero attached hydrogens (tertiary/aromatic N) is 1. The van der Waals surface area contributed by atoms with Crippen LogP contribution in [0.3, 0.4) is 0 Å².